The molecule has 1 saturated heterocycles. The molecule has 1 aliphatic rings. The maximum Gasteiger partial charge on any atom is 0.201 e. The third-order valence-corrected chi connectivity index (χ3v) is 4.23. The second-order valence-corrected chi connectivity index (χ2v) is 5.76. The van der Waals surface area contributed by atoms with Crippen molar-refractivity contribution in [3.8, 4) is 11.5 Å². The van der Waals surface area contributed by atoms with Crippen molar-refractivity contribution in [1.82, 2.24) is 30.0 Å². The van der Waals surface area contributed by atoms with Crippen LogP contribution in [0.25, 0.3) is 11.5 Å². The van der Waals surface area contributed by atoms with E-state index in [9.17, 15) is 0 Å². The molecular formula is C16H18N6O. The van der Waals surface area contributed by atoms with Gasteiger partial charge in [0.25, 0.3) is 0 Å². The lowest BCUT2D eigenvalue weighted by molar-refractivity contribution is 0.188. The predicted molar refractivity (Wildman–Crippen MR) is 83.4 cm³/mol. The summed E-state index contributed by atoms with van der Waals surface area (Å²) in [6, 6.07) is 3.96. The molecule has 3 aromatic rings. The van der Waals surface area contributed by atoms with E-state index in [1.54, 1.807) is 24.9 Å². The minimum atomic E-state index is 0.417. The summed E-state index contributed by atoms with van der Waals surface area (Å²) in [5, 5.41) is 7.34. The van der Waals surface area contributed by atoms with Crippen LogP contribution in [0.3, 0.4) is 0 Å². The molecule has 1 fully saturated rings. The number of aromatic amines is 1. The van der Waals surface area contributed by atoms with Crippen LogP contribution in [0.1, 0.15) is 30.3 Å². The summed E-state index contributed by atoms with van der Waals surface area (Å²) < 4.78 is 5.42. The number of hydrogen-bond acceptors (Lipinski definition) is 6. The molecule has 0 spiro atoms. The average Bonchev–Trinajstić information content (AvgIpc) is 3.28. The Balaban J connectivity index is 1.38. The standard InChI is InChI=1S/C16H18N6O/c1-2-13(23-9-1)11-22-7-3-12(4-8-22)15-19-16(21-20-15)14-10-17-5-6-18-14/h1-2,5-6,9-10,12H,3-4,7-8,11H2,(H,19,20,21). The Hall–Kier alpha value is -2.54. The van der Waals surface area contributed by atoms with Crippen LogP contribution in [0.5, 0.6) is 0 Å². The Bertz CT molecular complexity index is 731. The van der Waals surface area contributed by atoms with E-state index >= 15 is 0 Å². The molecule has 0 bridgehead atoms. The topological polar surface area (TPSA) is 83.7 Å². The van der Waals surface area contributed by atoms with Gasteiger partial charge in [-0.15, -0.1) is 0 Å². The fourth-order valence-corrected chi connectivity index (χ4v) is 2.97. The number of aromatic nitrogens is 5. The van der Waals surface area contributed by atoms with Crippen LogP contribution in [-0.2, 0) is 6.54 Å². The van der Waals surface area contributed by atoms with Crippen molar-refractivity contribution in [2.45, 2.75) is 25.3 Å². The van der Waals surface area contributed by atoms with Crippen LogP contribution in [0.15, 0.2) is 41.4 Å². The van der Waals surface area contributed by atoms with E-state index in [-0.39, 0.29) is 0 Å². The monoisotopic (exact) mass is 310 g/mol. The van der Waals surface area contributed by atoms with Crippen LogP contribution >= 0.6 is 0 Å². The Morgan fingerprint density at radius 1 is 1.26 bits per heavy atom. The van der Waals surface area contributed by atoms with Crippen LogP contribution in [0.2, 0.25) is 0 Å². The first-order valence-electron chi connectivity index (χ1n) is 7.82. The van der Waals surface area contributed by atoms with Gasteiger partial charge in [-0.1, -0.05) is 0 Å². The highest BCUT2D eigenvalue weighted by molar-refractivity contribution is 5.46. The maximum absolute atomic E-state index is 5.42. The zero-order valence-corrected chi connectivity index (χ0v) is 12.7. The second kappa shape index (κ2) is 6.29. The van der Waals surface area contributed by atoms with Gasteiger partial charge < -0.3 is 4.42 Å². The summed E-state index contributed by atoms with van der Waals surface area (Å²) in [7, 11) is 0. The lowest BCUT2D eigenvalue weighted by Crippen LogP contribution is -2.32. The van der Waals surface area contributed by atoms with Gasteiger partial charge in [0.1, 0.15) is 17.3 Å². The van der Waals surface area contributed by atoms with Gasteiger partial charge in [0.2, 0.25) is 5.82 Å². The highest BCUT2D eigenvalue weighted by Gasteiger charge is 2.24. The van der Waals surface area contributed by atoms with Gasteiger partial charge in [0.15, 0.2) is 0 Å². The van der Waals surface area contributed by atoms with E-state index in [0.29, 0.717) is 17.4 Å². The molecule has 0 radical (unpaired) electrons. The highest BCUT2D eigenvalue weighted by Crippen LogP contribution is 2.27. The van der Waals surface area contributed by atoms with E-state index in [0.717, 1.165) is 44.1 Å². The van der Waals surface area contributed by atoms with Crippen LogP contribution < -0.4 is 0 Å². The molecule has 23 heavy (non-hydrogen) atoms. The Morgan fingerprint density at radius 2 is 2.17 bits per heavy atom. The first-order valence-corrected chi connectivity index (χ1v) is 7.82. The summed E-state index contributed by atoms with van der Waals surface area (Å²) >= 11 is 0. The van der Waals surface area contributed by atoms with Gasteiger partial charge >= 0.3 is 0 Å². The Labute approximate surface area is 133 Å². The first kappa shape index (κ1) is 14.1. The number of rotatable bonds is 4. The molecule has 118 valence electrons. The van der Waals surface area contributed by atoms with Crippen LogP contribution in [0.4, 0.5) is 0 Å². The predicted octanol–water partition coefficient (Wildman–Crippen LogP) is 2.23. The molecule has 7 nitrogen and oxygen atoms in total. The third kappa shape index (κ3) is 3.14. The van der Waals surface area contributed by atoms with Crippen molar-refractivity contribution in [2.24, 2.45) is 0 Å². The van der Waals surface area contributed by atoms with E-state index in [1.165, 1.54) is 0 Å². The Morgan fingerprint density at radius 3 is 2.91 bits per heavy atom. The smallest absolute Gasteiger partial charge is 0.201 e. The summed E-state index contributed by atoms with van der Waals surface area (Å²) in [5.41, 5.74) is 0.699. The fourth-order valence-electron chi connectivity index (χ4n) is 2.97. The Kier molecular flexibility index (Phi) is 3.85. The number of nitrogens with zero attached hydrogens (tertiary/aromatic N) is 5. The number of nitrogens with one attached hydrogen (secondary N) is 1. The third-order valence-electron chi connectivity index (χ3n) is 4.23. The molecule has 1 N–H and O–H groups in total. The molecule has 1 aliphatic heterocycles. The van der Waals surface area contributed by atoms with E-state index in [1.807, 2.05) is 12.1 Å². The van der Waals surface area contributed by atoms with E-state index < -0.39 is 0 Å². The summed E-state index contributed by atoms with van der Waals surface area (Å²) in [6.45, 7) is 2.94. The molecular weight excluding hydrogens is 292 g/mol. The zero-order chi connectivity index (χ0) is 15.5. The van der Waals surface area contributed by atoms with Crippen molar-refractivity contribution in [3.63, 3.8) is 0 Å². The molecule has 3 aromatic heterocycles. The molecule has 7 heteroatoms. The van der Waals surface area contributed by atoms with Crippen LogP contribution in [0, 0.1) is 0 Å². The second-order valence-electron chi connectivity index (χ2n) is 5.76. The quantitative estimate of drug-likeness (QED) is 0.795. The average molecular weight is 310 g/mol. The van der Waals surface area contributed by atoms with Crippen molar-refractivity contribution in [3.05, 3.63) is 48.6 Å². The van der Waals surface area contributed by atoms with Gasteiger partial charge in [-0.25, -0.2) is 9.97 Å². The number of piperidine rings is 1. The minimum absolute atomic E-state index is 0.417. The SMILES string of the molecule is c1coc(CN2CCC(c3nc(-c4cnccn4)n[nH]3)CC2)c1. The molecule has 4 heterocycles. The molecule has 0 saturated carbocycles. The lowest BCUT2D eigenvalue weighted by atomic mass is 9.96. The molecule has 0 aliphatic carbocycles. The van der Waals surface area contributed by atoms with E-state index in [2.05, 4.69) is 30.0 Å². The summed E-state index contributed by atoms with van der Waals surface area (Å²) in [6.07, 6.45) is 8.83. The number of hydrogen-bond donors (Lipinski definition) is 1. The number of furan rings is 1. The maximum atomic E-state index is 5.42. The lowest BCUT2D eigenvalue weighted by Gasteiger charge is -2.30. The van der Waals surface area contributed by atoms with Gasteiger partial charge in [0.05, 0.1) is 19.0 Å². The minimum Gasteiger partial charge on any atom is -0.468 e. The van der Waals surface area contributed by atoms with Crippen molar-refractivity contribution >= 4 is 0 Å². The molecule has 0 atom stereocenters. The van der Waals surface area contributed by atoms with Gasteiger partial charge in [-0.3, -0.25) is 15.0 Å². The van der Waals surface area contributed by atoms with Crippen molar-refractivity contribution in [2.75, 3.05) is 13.1 Å². The van der Waals surface area contributed by atoms with Gasteiger partial charge in [-0.2, -0.15) is 5.10 Å². The van der Waals surface area contributed by atoms with Crippen molar-refractivity contribution in [1.29, 1.82) is 0 Å². The molecule has 0 unspecified atom stereocenters. The van der Waals surface area contributed by atoms with Crippen LogP contribution in [-0.4, -0.2) is 43.1 Å². The summed E-state index contributed by atoms with van der Waals surface area (Å²) in [4.78, 5) is 15.3. The van der Waals surface area contributed by atoms with Gasteiger partial charge in [-0.05, 0) is 38.1 Å². The largest absolute Gasteiger partial charge is 0.468 e. The highest BCUT2D eigenvalue weighted by atomic mass is 16.3. The molecule has 4 rings (SSSR count). The molecule has 0 amide bonds. The van der Waals surface area contributed by atoms with E-state index in [4.69, 9.17) is 4.42 Å². The van der Waals surface area contributed by atoms with Gasteiger partial charge in [0, 0.05) is 18.3 Å². The first-order chi connectivity index (χ1) is 11.4. The van der Waals surface area contributed by atoms with Crippen molar-refractivity contribution < 1.29 is 4.42 Å². The molecule has 0 aromatic carbocycles. The number of likely N-dealkylation sites (tertiary alicyclic amines) is 1. The fraction of sp³-hybridized carbons (Fsp3) is 0.375. The zero-order valence-electron chi connectivity index (χ0n) is 12.7. The number of H-pyrrole nitrogens is 1. The summed E-state index contributed by atoms with van der Waals surface area (Å²) in [5.74, 6) is 3.00. The normalized spacial score (nSPS) is 16.7.